The first-order valence-corrected chi connectivity index (χ1v) is 9.59. The van der Waals surface area contributed by atoms with Crippen LogP contribution in [0.1, 0.15) is 21.0 Å². The van der Waals surface area contributed by atoms with E-state index < -0.39 is 11.8 Å². The fourth-order valence-corrected chi connectivity index (χ4v) is 3.09. The van der Waals surface area contributed by atoms with Crippen molar-refractivity contribution in [3.8, 4) is 0 Å². The van der Waals surface area contributed by atoms with Gasteiger partial charge in [0.25, 0.3) is 17.7 Å². The second kappa shape index (κ2) is 9.14. The number of anilines is 3. The van der Waals surface area contributed by atoms with Crippen LogP contribution < -0.4 is 15.5 Å². The van der Waals surface area contributed by atoms with Gasteiger partial charge in [0, 0.05) is 36.0 Å². The number of nitrogens with zero attached hydrogens (tertiary/aromatic N) is 3. The highest BCUT2D eigenvalue weighted by Gasteiger charge is 2.22. The first-order valence-electron chi connectivity index (χ1n) is 9.59. The Labute approximate surface area is 178 Å². The van der Waals surface area contributed by atoms with Crippen molar-refractivity contribution >= 4 is 34.8 Å². The van der Waals surface area contributed by atoms with Crippen molar-refractivity contribution in [2.24, 2.45) is 0 Å². The molecule has 0 saturated carbocycles. The lowest BCUT2D eigenvalue weighted by atomic mass is 10.2. The molecule has 0 atom stereocenters. The lowest BCUT2D eigenvalue weighted by Gasteiger charge is -2.26. The van der Waals surface area contributed by atoms with E-state index in [1.54, 1.807) is 53.4 Å². The maximum atomic E-state index is 12.8. The summed E-state index contributed by atoms with van der Waals surface area (Å²) in [5.41, 5.74) is 1.61. The minimum atomic E-state index is -0.568. The molecule has 0 bridgehead atoms. The third-order valence-electron chi connectivity index (χ3n) is 4.58. The molecular weight excluding hydrogens is 398 g/mol. The highest BCUT2D eigenvalue weighted by atomic mass is 16.5. The number of para-hydroxylation sites is 1. The van der Waals surface area contributed by atoms with E-state index in [4.69, 9.17) is 4.74 Å². The number of morpholine rings is 1. The molecular formula is C22H19N5O4. The van der Waals surface area contributed by atoms with Gasteiger partial charge in [0.2, 0.25) is 0 Å². The largest absolute Gasteiger partial charge is 0.370 e. The van der Waals surface area contributed by atoms with Crippen LogP contribution in [-0.4, -0.2) is 47.4 Å². The zero-order chi connectivity index (χ0) is 21.6. The molecule has 0 unspecified atom stereocenters. The van der Waals surface area contributed by atoms with E-state index in [0.29, 0.717) is 30.2 Å². The average molecular weight is 417 g/mol. The summed E-state index contributed by atoms with van der Waals surface area (Å²) in [6.07, 6.45) is 2.70. The predicted molar refractivity (Wildman–Crippen MR) is 114 cm³/mol. The molecule has 9 nitrogen and oxygen atoms in total. The van der Waals surface area contributed by atoms with Crippen LogP contribution in [0.3, 0.4) is 0 Å². The molecule has 4 rings (SSSR count). The molecule has 1 aliphatic rings. The number of rotatable bonds is 5. The fraction of sp³-hybridized carbons (Fsp3) is 0.136. The minimum absolute atomic E-state index is 0.0545. The summed E-state index contributed by atoms with van der Waals surface area (Å²) in [7, 11) is 0. The van der Waals surface area contributed by atoms with Gasteiger partial charge < -0.3 is 20.3 Å². The molecule has 1 fully saturated rings. The Kier molecular flexibility index (Phi) is 5.95. The number of aromatic nitrogens is 2. The van der Waals surface area contributed by atoms with E-state index in [0.717, 1.165) is 0 Å². The van der Waals surface area contributed by atoms with Crippen LogP contribution >= 0.6 is 0 Å². The van der Waals surface area contributed by atoms with Crippen molar-refractivity contribution in [3.05, 3.63) is 78.4 Å². The Bertz CT molecular complexity index is 1100. The normalized spacial score (nSPS) is 13.5. The van der Waals surface area contributed by atoms with Crippen LogP contribution in [-0.2, 0) is 9.53 Å². The molecule has 0 radical (unpaired) electrons. The lowest BCUT2D eigenvalue weighted by molar-refractivity contribution is -0.125. The number of carbonyl (C=O) groups is 3. The van der Waals surface area contributed by atoms with Crippen LogP contribution in [0.5, 0.6) is 0 Å². The van der Waals surface area contributed by atoms with Crippen LogP contribution in [0.4, 0.5) is 17.1 Å². The van der Waals surface area contributed by atoms with Gasteiger partial charge in [0.05, 0.1) is 6.61 Å². The van der Waals surface area contributed by atoms with E-state index in [-0.39, 0.29) is 23.9 Å². The number of carbonyl (C=O) groups excluding carboxylic acids is 3. The second-order valence-corrected chi connectivity index (χ2v) is 6.67. The number of hydrogen-bond donors (Lipinski definition) is 2. The summed E-state index contributed by atoms with van der Waals surface area (Å²) in [6.45, 7) is 1.01. The third-order valence-corrected chi connectivity index (χ3v) is 4.58. The van der Waals surface area contributed by atoms with Gasteiger partial charge in [-0.25, -0.2) is 9.97 Å². The highest BCUT2D eigenvalue weighted by molar-refractivity contribution is 6.13. The van der Waals surface area contributed by atoms with Crippen molar-refractivity contribution in [1.29, 1.82) is 0 Å². The molecule has 0 spiro atoms. The van der Waals surface area contributed by atoms with Gasteiger partial charge in [0.15, 0.2) is 11.4 Å². The average Bonchev–Trinajstić information content (AvgIpc) is 2.81. The van der Waals surface area contributed by atoms with Gasteiger partial charge in [-0.1, -0.05) is 18.2 Å². The molecule has 1 saturated heterocycles. The smallest absolute Gasteiger partial charge is 0.276 e. The molecule has 2 aromatic carbocycles. The standard InChI is InChI=1S/C22H19N5O4/c28-18-14-31-13-12-27(18)17-8-6-16(7-9-17)26-22(30)20-19(23-10-11-24-20)21(29)25-15-4-2-1-3-5-15/h1-11H,12-14H2,(H,25,29)(H,26,30). The van der Waals surface area contributed by atoms with E-state index in [1.165, 1.54) is 12.4 Å². The van der Waals surface area contributed by atoms with Crippen molar-refractivity contribution in [3.63, 3.8) is 0 Å². The number of nitrogens with one attached hydrogen (secondary N) is 2. The highest BCUT2D eigenvalue weighted by Crippen LogP contribution is 2.20. The Morgan fingerprint density at radius 3 is 2.00 bits per heavy atom. The lowest BCUT2D eigenvalue weighted by Crippen LogP contribution is -2.41. The molecule has 2 N–H and O–H groups in total. The van der Waals surface area contributed by atoms with E-state index in [9.17, 15) is 14.4 Å². The van der Waals surface area contributed by atoms with Gasteiger partial charge in [-0.15, -0.1) is 0 Å². The zero-order valence-electron chi connectivity index (χ0n) is 16.4. The summed E-state index contributed by atoms with van der Waals surface area (Å²) in [6, 6.07) is 15.7. The van der Waals surface area contributed by atoms with E-state index in [2.05, 4.69) is 20.6 Å². The fourth-order valence-electron chi connectivity index (χ4n) is 3.09. The van der Waals surface area contributed by atoms with Gasteiger partial charge in [-0.05, 0) is 36.4 Å². The summed E-state index contributed by atoms with van der Waals surface area (Å²) in [5, 5.41) is 5.41. The van der Waals surface area contributed by atoms with Crippen LogP contribution in [0.25, 0.3) is 0 Å². The molecule has 1 aromatic heterocycles. The maximum absolute atomic E-state index is 12.8. The van der Waals surface area contributed by atoms with Crippen LogP contribution in [0, 0.1) is 0 Å². The molecule has 9 heteroatoms. The van der Waals surface area contributed by atoms with Crippen LogP contribution in [0.2, 0.25) is 0 Å². The monoisotopic (exact) mass is 417 g/mol. The quantitative estimate of drug-likeness (QED) is 0.659. The number of benzene rings is 2. The minimum Gasteiger partial charge on any atom is -0.370 e. The summed E-state index contributed by atoms with van der Waals surface area (Å²) in [4.78, 5) is 47.0. The maximum Gasteiger partial charge on any atom is 0.276 e. The molecule has 0 aliphatic carbocycles. The third kappa shape index (κ3) is 4.73. The first-order chi connectivity index (χ1) is 15.1. The van der Waals surface area contributed by atoms with Gasteiger partial charge in [-0.3, -0.25) is 14.4 Å². The second-order valence-electron chi connectivity index (χ2n) is 6.67. The SMILES string of the molecule is O=C(Nc1ccccc1)c1nccnc1C(=O)Nc1ccc(N2CCOCC2=O)cc1. The van der Waals surface area contributed by atoms with Gasteiger partial charge in [-0.2, -0.15) is 0 Å². The van der Waals surface area contributed by atoms with Crippen molar-refractivity contribution in [2.45, 2.75) is 0 Å². The number of amides is 3. The van der Waals surface area contributed by atoms with Crippen molar-refractivity contribution < 1.29 is 19.1 Å². The van der Waals surface area contributed by atoms with E-state index >= 15 is 0 Å². The Hall–Kier alpha value is -4.11. The van der Waals surface area contributed by atoms with E-state index in [1.807, 2.05) is 6.07 Å². The van der Waals surface area contributed by atoms with Gasteiger partial charge >= 0.3 is 0 Å². The van der Waals surface area contributed by atoms with Crippen molar-refractivity contribution in [2.75, 3.05) is 35.3 Å². The topological polar surface area (TPSA) is 114 Å². The zero-order valence-corrected chi connectivity index (χ0v) is 16.4. The van der Waals surface area contributed by atoms with Crippen molar-refractivity contribution in [1.82, 2.24) is 9.97 Å². The molecule has 1 aliphatic heterocycles. The number of ether oxygens (including phenoxy) is 1. The first kappa shape index (κ1) is 20.2. The molecule has 156 valence electrons. The molecule has 2 heterocycles. The molecule has 3 amide bonds. The molecule has 31 heavy (non-hydrogen) atoms. The summed E-state index contributed by atoms with van der Waals surface area (Å²) < 4.78 is 5.13. The van der Waals surface area contributed by atoms with Gasteiger partial charge in [0.1, 0.15) is 6.61 Å². The summed E-state index contributed by atoms with van der Waals surface area (Å²) >= 11 is 0. The van der Waals surface area contributed by atoms with Crippen LogP contribution in [0.15, 0.2) is 67.0 Å². The predicted octanol–water partition coefficient (Wildman–Crippen LogP) is 2.34. The Balaban J connectivity index is 1.47. The molecule has 3 aromatic rings. The summed E-state index contributed by atoms with van der Waals surface area (Å²) in [5.74, 6) is -1.22. The Morgan fingerprint density at radius 1 is 0.839 bits per heavy atom. The number of hydrogen-bond acceptors (Lipinski definition) is 6. The Morgan fingerprint density at radius 2 is 1.42 bits per heavy atom.